The van der Waals surface area contributed by atoms with Crippen LogP contribution in [0.4, 0.5) is 15.8 Å². The quantitative estimate of drug-likeness (QED) is 0.586. The molecule has 0 saturated heterocycles. The third-order valence-electron chi connectivity index (χ3n) is 2.86. The van der Waals surface area contributed by atoms with Crippen molar-refractivity contribution in [3.05, 3.63) is 33.6 Å². The Morgan fingerprint density at radius 1 is 1.55 bits per heavy atom. The molecule has 0 saturated carbocycles. The largest absolute Gasteiger partial charge is 0.478 e. The molecule has 7 nitrogen and oxygen atoms in total. The molecule has 0 aliphatic rings. The zero-order valence-corrected chi connectivity index (χ0v) is 11.2. The van der Waals surface area contributed by atoms with Crippen LogP contribution in [0.3, 0.4) is 0 Å². The van der Waals surface area contributed by atoms with E-state index < -0.39 is 28.0 Å². The first-order chi connectivity index (χ1) is 9.36. The predicted molar refractivity (Wildman–Crippen MR) is 71.7 cm³/mol. The second-order valence-corrected chi connectivity index (χ2v) is 4.23. The SMILES string of the molecule is CCN(C)CCNc1cc(F)c(C(=O)O)cc1[N+](=O)[O-]. The summed E-state index contributed by atoms with van der Waals surface area (Å²) in [5.41, 5.74) is -1.20. The third kappa shape index (κ3) is 3.89. The fourth-order valence-corrected chi connectivity index (χ4v) is 1.56. The minimum atomic E-state index is -1.54. The van der Waals surface area contributed by atoms with Crippen molar-refractivity contribution in [2.75, 3.05) is 32.0 Å². The minimum Gasteiger partial charge on any atom is -0.478 e. The summed E-state index contributed by atoms with van der Waals surface area (Å²) in [4.78, 5) is 22.9. The van der Waals surface area contributed by atoms with Crippen molar-refractivity contribution in [2.24, 2.45) is 0 Å². The monoisotopic (exact) mass is 285 g/mol. The fourth-order valence-electron chi connectivity index (χ4n) is 1.56. The van der Waals surface area contributed by atoms with E-state index in [1.54, 1.807) is 0 Å². The molecule has 20 heavy (non-hydrogen) atoms. The van der Waals surface area contributed by atoms with Crippen LogP contribution in [0, 0.1) is 15.9 Å². The molecule has 0 spiro atoms. The second-order valence-electron chi connectivity index (χ2n) is 4.23. The Morgan fingerprint density at radius 3 is 2.70 bits per heavy atom. The number of halogens is 1. The summed E-state index contributed by atoms with van der Waals surface area (Å²) >= 11 is 0. The number of nitro benzene ring substituents is 1. The molecule has 0 heterocycles. The molecular weight excluding hydrogens is 269 g/mol. The van der Waals surface area contributed by atoms with E-state index in [1.165, 1.54) is 0 Å². The molecule has 0 amide bonds. The number of rotatable bonds is 7. The van der Waals surface area contributed by atoms with Gasteiger partial charge in [0.1, 0.15) is 17.1 Å². The normalized spacial score (nSPS) is 10.6. The summed E-state index contributed by atoms with van der Waals surface area (Å²) in [7, 11) is 1.88. The molecule has 1 aromatic carbocycles. The molecule has 110 valence electrons. The lowest BCUT2D eigenvalue weighted by molar-refractivity contribution is -0.384. The first kappa shape index (κ1) is 15.8. The number of nitrogens with zero attached hydrogens (tertiary/aromatic N) is 2. The molecule has 0 fully saturated rings. The number of hydrogen-bond donors (Lipinski definition) is 2. The van der Waals surface area contributed by atoms with Crippen LogP contribution in [0.15, 0.2) is 12.1 Å². The van der Waals surface area contributed by atoms with Crippen molar-refractivity contribution < 1.29 is 19.2 Å². The van der Waals surface area contributed by atoms with Crippen molar-refractivity contribution in [1.82, 2.24) is 4.90 Å². The van der Waals surface area contributed by atoms with E-state index in [2.05, 4.69) is 5.32 Å². The number of carbonyl (C=O) groups is 1. The van der Waals surface area contributed by atoms with E-state index in [-0.39, 0.29) is 5.69 Å². The number of nitro groups is 1. The zero-order chi connectivity index (χ0) is 15.3. The number of carboxylic acids is 1. The summed E-state index contributed by atoms with van der Waals surface area (Å²) in [5, 5.41) is 22.4. The number of anilines is 1. The first-order valence-electron chi connectivity index (χ1n) is 6.00. The average molecular weight is 285 g/mol. The second kappa shape index (κ2) is 6.80. The molecule has 0 aliphatic carbocycles. The summed E-state index contributed by atoms with van der Waals surface area (Å²) in [6.45, 7) is 3.78. The van der Waals surface area contributed by atoms with Gasteiger partial charge >= 0.3 is 5.97 Å². The Kier molecular flexibility index (Phi) is 5.39. The Bertz CT molecular complexity index is 522. The summed E-state index contributed by atoms with van der Waals surface area (Å²) in [6, 6.07) is 1.57. The van der Waals surface area contributed by atoms with Gasteiger partial charge in [0, 0.05) is 25.2 Å². The molecule has 1 aromatic rings. The molecular formula is C12H16FN3O4. The van der Waals surface area contributed by atoms with Gasteiger partial charge in [-0.15, -0.1) is 0 Å². The van der Waals surface area contributed by atoms with Crippen molar-refractivity contribution in [3.8, 4) is 0 Å². The third-order valence-corrected chi connectivity index (χ3v) is 2.86. The van der Waals surface area contributed by atoms with Crippen LogP contribution in [0.25, 0.3) is 0 Å². The van der Waals surface area contributed by atoms with Crippen LogP contribution in [-0.2, 0) is 0 Å². The van der Waals surface area contributed by atoms with Gasteiger partial charge < -0.3 is 15.3 Å². The number of hydrogen-bond acceptors (Lipinski definition) is 5. The van der Waals surface area contributed by atoms with E-state index in [4.69, 9.17) is 5.11 Å². The smallest absolute Gasteiger partial charge is 0.338 e. The Labute approximate surface area is 115 Å². The van der Waals surface area contributed by atoms with Gasteiger partial charge in [-0.3, -0.25) is 10.1 Å². The van der Waals surface area contributed by atoms with Crippen LogP contribution in [0.1, 0.15) is 17.3 Å². The highest BCUT2D eigenvalue weighted by molar-refractivity contribution is 5.90. The molecule has 0 bridgehead atoms. The Hall–Kier alpha value is -2.22. The van der Waals surface area contributed by atoms with Crippen molar-refractivity contribution in [1.29, 1.82) is 0 Å². The fraction of sp³-hybridized carbons (Fsp3) is 0.417. The highest BCUT2D eigenvalue weighted by Crippen LogP contribution is 2.27. The van der Waals surface area contributed by atoms with Gasteiger partial charge in [-0.1, -0.05) is 6.92 Å². The molecule has 8 heteroatoms. The van der Waals surface area contributed by atoms with Crippen LogP contribution in [0.5, 0.6) is 0 Å². The highest BCUT2D eigenvalue weighted by atomic mass is 19.1. The van der Waals surface area contributed by atoms with Gasteiger partial charge in [0.05, 0.1) is 4.92 Å². The maximum absolute atomic E-state index is 13.5. The number of benzene rings is 1. The van der Waals surface area contributed by atoms with E-state index in [0.717, 1.165) is 18.7 Å². The van der Waals surface area contributed by atoms with Crippen molar-refractivity contribution >= 4 is 17.3 Å². The van der Waals surface area contributed by atoms with Gasteiger partial charge in [-0.2, -0.15) is 0 Å². The van der Waals surface area contributed by atoms with Crippen LogP contribution in [-0.4, -0.2) is 47.6 Å². The summed E-state index contributed by atoms with van der Waals surface area (Å²) in [5.74, 6) is -2.54. The molecule has 1 rings (SSSR count). The number of aromatic carboxylic acids is 1. The minimum absolute atomic E-state index is 0.0259. The van der Waals surface area contributed by atoms with E-state index in [0.29, 0.717) is 13.1 Å². The lowest BCUT2D eigenvalue weighted by Crippen LogP contribution is -2.25. The molecule has 0 atom stereocenters. The molecule has 0 aromatic heterocycles. The lowest BCUT2D eigenvalue weighted by atomic mass is 10.1. The summed E-state index contributed by atoms with van der Waals surface area (Å²) < 4.78 is 13.5. The standard InChI is InChI=1S/C12H16FN3O4/c1-3-15(2)5-4-14-10-7-9(13)8(12(17)18)6-11(10)16(19)20/h6-7,14H,3-5H2,1-2H3,(H,17,18). The topological polar surface area (TPSA) is 95.7 Å². The first-order valence-corrected chi connectivity index (χ1v) is 6.00. The van der Waals surface area contributed by atoms with Gasteiger partial charge in [-0.05, 0) is 13.6 Å². The molecule has 0 aliphatic heterocycles. The van der Waals surface area contributed by atoms with Crippen molar-refractivity contribution in [3.63, 3.8) is 0 Å². The maximum atomic E-state index is 13.5. The van der Waals surface area contributed by atoms with E-state index in [1.807, 2.05) is 18.9 Å². The zero-order valence-electron chi connectivity index (χ0n) is 11.2. The Morgan fingerprint density at radius 2 is 2.20 bits per heavy atom. The average Bonchev–Trinajstić information content (AvgIpc) is 2.37. The highest BCUT2D eigenvalue weighted by Gasteiger charge is 2.21. The van der Waals surface area contributed by atoms with E-state index >= 15 is 0 Å². The van der Waals surface area contributed by atoms with Gasteiger partial charge in [0.2, 0.25) is 0 Å². The number of nitrogens with one attached hydrogen (secondary N) is 1. The van der Waals surface area contributed by atoms with Crippen LogP contribution in [0.2, 0.25) is 0 Å². The van der Waals surface area contributed by atoms with Gasteiger partial charge in [-0.25, -0.2) is 9.18 Å². The van der Waals surface area contributed by atoms with Crippen molar-refractivity contribution in [2.45, 2.75) is 6.92 Å². The molecule has 0 radical (unpaired) electrons. The van der Waals surface area contributed by atoms with Crippen LogP contribution >= 0.6 is 0 Å². The van der Waals surface area contributed by atoms with E-state index in [9.17, 15) is 19.3 Å². The van der Waals surface area contributed by atoms with Gasteiger partial charge in [0.15, 0.2) is 0 Å². The Balaban J connectivity index is 2.97. The number of likely N-dealkylation sites (N-methyl/N-ethyl adjacent to an activating group) is 1. The molecule has 2 N–H and O–H groups in total. The number of carboxylic acid groups (broad SMARTS) is 1. The predicted octanol–water partition coefficient (Wildman–Crippen LogP) is 1.80. The maximum Gasteiger partial charge on any atom is 0.338 e. The lowest BCUT2D eigenvalue weighted by Gasteiger charge is -2.15. The van der Waals surface area contributed by atoms with Gasteiger partial charge in [0.25, 0.3) is 5.69 Å². The van der Waals surface area contributed by atoms with Crippen LogP contribution < -0.4 is 5.32 Å². The molecule has 0 unspecified atom stereocenters. The summed E-state index contributed by atoms with van der Waals surface area (Å²) in [6.07, 6.45) is 0.